The van der Waals surface area contributed by atoms with Crippen LogP contribution in [0.4, 0.5) is 5.69 Å². The van der Waals surface area contributed by atoms with Crippen LogP contribution in [0.5, 0.6) is 0 Å². The van der Waals surface area contributed by atoms with E-state index < -0.39 is 28.5 Å². The van der Waals surface area contributed by atoms with Gasteiger partial charge in [0.1, 0.15) is 0 Å². The molecule has 2 aromatic rings. The maximum atomic E-state index is 12.4. The molecule has 1 N–H and O–H groups in total. The minimum absolute atomic E-state index is 0.00422. The van der Waals surface area contributed by atoms with E-state index in [1.807, 2.05) is 6.92 Å². The summed E-state index contributed by atoms with van der Waals surface area (Å²) in [5.74, 6) is -1.29. The Morgan fingerprint density at radius 1 is 1.19 bits per heavy atom. The highest BCUT2D eigenvalue weighted by Gasteiger charge is 2.20. The fourth-order valence-corrected chi connectivity index (χ4v) is 3.39. The molecule has 0 fully saturated rings. The van der Waals surface area contributed by atoms with Gasteiger partial charge in [-0.2, -0.15) is 0 Å². The molecule has 27 heavy (non-hydrogen) atoms. The molecule has 0 bridgehead atoms. The lowest BCUT2D eigenvalue weighted by molar-refractivity contribution is -0.119. The van der Waals surface area contributed by atoms with Crippen molar-refractivity contribution < 1.29 is 27.2 Å². The number of carbonyl (C=O) groups is 2. The summed E-state index contributed by atoms with van der Waals surface area (Å²) >= 11 is 0. The number of rotatable bonds is 9. The van der Waals surface area contributed by atoms with Crippen molar-refractivity contribution in [1.29, 1.82) is 0 Å². The maximum Gasteiger partial charge on any atom is 0.374 e. The van der Waals surface area contributed by atoms with Gasteiger partial charge in [0.05, 0.1) is 11.2 Å². The second-order valence-corrected chi connectivity index (χ2v) is 7.85. The third-order valence-corrected chi connectivity index (χ3v) is 5.60. The highest BCUT2D eigenvalue weighted by Crippen LogP contribution is 2.18. The molecule has 0 radical (unpaired) electrons. The average Bonchev–Trinajstić information content (AvgIpc) is 3.19. The van der Waals surface area contributed by atoms with Crippen LogP contribution in [0.3, 0.4) is 0 Å². The zero-order valence-corrected chi connectivity index (χ0v) is 16.0. The zero-order valence-electron chi connectivity index (χ0n) is 15.2. The Hall–Kier alpha value is -2.65. The van der Waals surface area contributed by atoms with Crippen LogP contribution in [0.2, 0.25) is 0 Å². The summed E-state index contributed by atoms with van der Waals surface area (Å²) < 4.78 is 35.9. The smallest absolute Gasteiger partial charge is 0.374 e. The van der Waals surface area contributed by atoms with Crippen LogP contribution in [-0.4, -0.2) is 44.8 Å². The summed E-state index contributed by atoms with van der Waals surface area (Å²) in [6, 6.07) is 8.76. The van der Waals surface area contributed by atoms with Crippen molar-refractivity contribution in [2.75, 3.05) is 25.5 Å². The Morgan fingerprint density at radius 3 is 2.48 bits per heavy atom. The number of nitrogens with zero attached hydrogens (tertiary/aromatic N) is 1. The molecule has 0 spiro atoms. The Labute approximate surface area is 158 Å². The molecular weight excluding hydrogens is 372 g/mol. The van der Waals surface area contributed by atoms with Crippen molar-refractivity contribution in [1.82, 2.24) is 4.31 Å². The second-order valence-electron chi connectivity index (χ2n) is 5.81. The average molecular weight is 394 g/mol. The minimum atomic E-state index is -3.56. The van der Waals surface area contributed by atoms with Crippen molar-refractivity contribution >= 4 is 27.6 Å². The van der Waals surface area contributed by atoms with Gasteiger partial charge in [0, 0.05) is 19.3 Å². The van der Waals surface area contributed by atoms with Crippen molar-refractivity contribution in [2.45, 2.75) is 24.7 Å². The Balaban J connectivity index is 1.91. The predicted octanol–water partition coefficient (Wildman–Crippen LogP) is 2.50. The SMILES string of the molecule is CCCCN(C)S(=O)(=O)c1ccc(NC(=O)COC(=O)c2ccco2)cc1. The van der Waals surface area contributed by atoms with Crippen LogP contribution < -0.4 is 5.32 Å². The highest BCUT2D eigenvalue weighted by atomic mass is 32.2. The number of furan rings is 1. The van der Waals surface area contributed by atoms with Crippen LogP contribution in [-0.2, 0) is 19.6 Å². The number of hydrogen-bond donors (Lipinski definition) is 1. The molecule has 1 aromatic heterocycles. The number of benzene rings is 1. The lowest BCUT2D eigenvalue weighted by Crippen LogP contribution is -2.28. The van der Waals surface area contributed by atoms with E-state index >= 15 is 0 Å². The van der Waals surface area contributed by atoms with Gasteiger partial charge in [0.2, 0.25) is 15.8 Å². The Bertz CT molecular complexity index is 860. The first-order valence-electron chi connectivity index (χ1n) is 8.41. The molecule has 0 aliphatic rings. The first kappa shape index (κ1) is 20.7. The number of carbonyl (C=O) groups excluding carboxylic acids is 2. The lowest BCUT2D eigenvalue weighted by Gasteiger charge is -2.17. The quantitative estimate of drug-likeness (QED) is 0.655. The van der Waals surface area contributed by atoms with E-state index in [0.29, 0.717) is 12.2 Å². The summed E-state index contributed by atoms with van der Waals surface area (Å²) in [4.78, 5) is 23.6. The van der Waals surface area contributed by atoms with Crippen LogP contribution in [0, 0.1) is 0 Å². The van der Waals surface area contributed by atoms with Crippen molar-refractivity contribution in [3.8, 4) is 0 Å². The van der Waals surface area contributed by atoms with Crippen LogP contribution in [0.15, 0.2) is 52.0 Å². The largest absolute Gasteiger partial charge is 0.457 e. The maximum absolute atomic E-state index is 12.4. The molecule has 0 aliphatic heterocycles. The molecule has 1 amide bonds. The molecule has 1 aromatic carbocycles. The monoisotopic (exact) mass is 394 g/mol. The molecule has 9 heteroatoms. The van der Waals surface area contributed by atoms with Crippen LogP contribution in [0.25, 0.3) is 0 Å². The number of nitrogens with one attached hydrogen (secondary N) is 1. The topological polar surface area (TPSA) is 106 Å². The van der Waals surface area contributed by atoms with Gasteiger partial charge in [-0.3, -0.25) is 4.79 Å². The summed E-state index contributed by atoms with van der Waals surface area (Å²) in [6.45, 7) is 1.95. The Kier molecular flexibility index (Phi) is 7.14. The third-order valence-electron chi connectivity index (χ3n) is 3.73. The minimum Gasteiger partial charge on any atom is -0.457 e. The van der Waals surface area contributed by atoms with E-state index in [1.165, 1.54) is 54.0 Å². The summed E-state index contributed by atoms with van der Waals surface area (Å²) in [7, 11) is -2.03. The van der Waals surface area contributed by atoms with Gasteiger partial charge in [-0.05, 0) is 42.8 Å². The summed E-state index contributed by atoms with van der Waals surface area (Å²) in [5, 5.41) is 2.53. The fourth-order valence-electron chi connectivity index (χ4n) is 2.19. The number of anilines is 1. The molecular formula is C18H22N2O6S. The van der Waals surface area contributed by atoms with Crippen LogP contribution in [0.1, 0.15) is 30.3 Å². The number of esters is 1. The van der Waals surface area contributed by atoms with E-state index in [1.54, 1.807) is 0 Å². The predicted molar refractivity (Wildman–Crippen MR) is 98.8 cm³/mol. The molecule has 0 unspecified atom stereocenters. The molecule has 1 heterocycles. The van der Waals surface area contributed by atoms with Gasteiger partial charge in [0.15, 0.2) is 6.61 Å². The normalized spacial score (nSPS) is 11.4. The van der Waals surface area contributed by atoms with E-state index in [0.717, 1.165) is 12.8 Å². The van der Waals surface area contributed by atoms with Gasteiger partial charge < -0.3 is 14.5 Å². The van der Waals surface area contributed by atoms with Crippen molar-refractivity contribution in [3.05, 3.63) is 48.4 Å². The highest BCUT2D eigenvalue weighted by molar-refractivity contribution is 7.89. The lowest BCUT2D eigenvalue weighted by atomic mass is 10.3. The molecule has 0 atom stereocenters. The molecule has 0 saturated carbocycles. The third kappa shape index (κ3) is 5.66. The fraction of sp³-hybridized carbons (Fsp3) is 0.333. The molecule has 146 valence electrons. The van der Waals surface area contributed by atoms with Crippen molar-refractivity contribution in [3.63, 3.8) is 0 Å². The number of hydrogen-bond acceptors (Lipinski definition) is 6. The van der Waals surface area contributed by atoms with E-state index in [2.05, 4.69) is 5.32 Å². The second kappa shape index (κ2) is 9.33. The number of ether oxygens (including phenoxy) is 1. The number of amides is 1. The van der Waals surface area contributed by atoms with Gasteiger partial charge in [-0.15, -0.1) is 0 Å². The molecule has 2 rings (SSSR count). The van der Waals surface area contributed by atoms with E-state index in [-0.39, 0.29) is 10.7 Å². The van der Waals surface area contributed by atoms with E-state index in [9.17, 15) is 18.0 Å². The zero-order chi connectivity index (χ0) is 19.9. The summed E-state index contributed by atoms with van der Waals surface area (Å²) in [6.07, 6.45) is 3.00. The first-order chi connectivity index (χ1) is 12.8. The molecule has 0 saturated heterocycles. The first-order valence-corrected chi connectivity index (χ1v) is 9.85. The Morgan fingerprint density at radius 2 is 1.89 bits per heavy atom. The van der Waals surface area contributed by atoms with E-state index in [4.69, 9.17) is 9.15 Å². The summed E-state index contributed by atoms with van der Waals surface area (Å²) in [5.41, 5.74) is 0.393. The molecule has 8 nitrogen and oxygen atoms in total. The van der Waals surface area contributed by atoms with Gasteiger partial charge in [-0.25, -0.2) is 17.5 Å². The number of sulfonamides is 1. The number of unbranched alkanes of at least 4 members (excludes halogenated alkanes) is 1. The molecule has 0 aliphatic carbocycles. The van der Waals surface area contributed by atoms with Gasteiger partial charge in [0.25, 0.3) is 5.91 Å². The van der Waals surface area contributed by atoms with Gasteiger partial charge >= 0.3 is 5.97 Å². The van der Waals surface area contributed by atoms with Crippen molar-refractivity contribution in [2.24, 2.45) is 0 Å². The van der Waals surface area contributed by atoms with Gasteiger partial charge in [-0.1, -0.05) is 13.3 Å². The standard InChI is InChI=1S/C18H22N2O6S/c1-3-4-11-20(2)27(23,24)15-9-7-14(8-10-15)19-17(21)13-26-18(22)16-6-5-12-25-16/h5-10,12H,3-4,11,13H2,1-2H3,(H,19,21). The van der Waals surface area contributed by atoms with Crippen LogP contribution >= 0.6 is 0 Å².